The van der Waals surface area contributed by atoms with E-state index in [0.717, 1.165) is 33.7 Å². The van der Waals surface area contributed by atoms with Gasteiger partial charge < -0.3 is 0 Å². The largest absolute Gasteiger partial charge is 0.295 e. The van der Waals surface area contributed by atoms with E-state index in [9.17, 15) is 0 Å². The number of hydrogen-bond acceptors (Lipinski definition) is 4. The minimum Gasteiger partial charge on any atom is -0.295 e. The van der Waals surface area contributed by atoms with Crippen LogP contribution in [-0.2, 0) is 12.2 Å². The number of rotatable bonds is 5. The third-order valence-electron chi connectivity index (χ3n) is 2.94. The molecular formula is C15H14ClN3S2. The van der Waals surface area contributed by atoms with Crippen LogP contribution >= 0.6 is 34.7 Å². The van der Waals surface area contributed by atoms with Gasteiger partial charge in [0.1, 0.15) is 0 Å². The van der Waals surface area contributed by atoms with Crippen LogP contribution in [0.3, 0.4) is 0 Å². The van der Waals surface area contributed by atoms with Gasteiger partial charge in [-0.2, -0.15) is 0 Å². The summed E-state index contributed by atoms with van der Waals surface area (Å²) in [6, 6.07) is 7.78. The Morgan fingerprint density at radius 1 is 1.38 bits per heavy atom. The molecule has 0 N–H and O–H groups in total. The average Bonchev–Trinajstić information content (AvgIpc) is 3.14. The van der Waals surface area contributed by atoms with E-state index in [1.807, 2.05) is 41.2 Å². The van der Waals surface area contributed by atoms with E-state index in [1.54, 1.807) is 23.1 Å². The monoisotopic (exact) mass is 335 g/mol. The van der Waals surface area contributed by atoms with Crippen molar-refractivity contribution in [2.75, 3.05) is 0 Å². The van der Waals surface area contributed by atoms with Crippen molar-refractivity contribution in [3.05, 3.63) is 57.8 Å². The fourth-order valence-corrected chi connectivity index (χ4v) is 3.84. The third-order valence-corrected chi connectivity index (χ3v) is 5.22. The summed E-state index contributed by atoms with van der Waals surface area (Å²) < 4.78 is 2.05. The Bertz CT molecular complexity index is 736. The van der Waals surface area contributed by atoms with Crippen LogP contribution < -0.4 is 0 Å². The minimum atomic E-state index is 0.726. The summed E-state index contributed by atoms with van der Waals surface area (Å²) in [5, 5.41) is 4.98. The summed E-state index contributed by atoms with van der Waals surface area (Å²) in [5.41, 5.74) is 2.14. The maximum Gasteiger partial charge on any atom is 0.172 e. The van der Waals surface area contributed by atoms with Crippen molar-refractivity contribution in [2.45, 2.75) is 24.3 Å². The lowest BCUT2D eigenvalue weighted by Gasteiger charge is -2.07. The molecule has 0 radical (unpaired) electrons. The molecule has 2 heterocycles. The molecule has 0 aliphatic rings. The Labute approximate surface area is 137 Å². The van der Waals surface area contributed by atoms with Crippen molar-refractivity contribution in [1.29, 1.82) is 0 Å². The number of nitrogens with zero attached hydrogens (tertiary/aromatic N) is 3. The molecule has 0 aliphatic carbocycles. The molecule has 0 fully saturated rings. The molecule has 1 aromatic carbocycles. The SMILES string of the molecule is CCc1nc(CSc2nccn2-c2cccc(Cl)c2)cs1. The second-order valence-corrected chi connectivity index (χ2v) is 6.76. The highest BCUT2D eigenvalue weighted by Gasteiger charge is 2.08. The first-order chi connectivity index (χ1) is 10.3. The average molecular weight is 336 g/mol. The van der Waals surface area contributed by atoms with Crippen LogP contribution in [-0.4, -0.2) is 14.5 Å². The Hall–Kier alpha value is -1.30. The minimum absolute atomic E-state index is 0.726. The lowest BCUT2D eigenvalue weighted by Crippen LogP contribution is -1.95. The summed E-state index contributed by atoms with van der Waals surface area (Å²) in [5.74, 6) is 0.827. The number of aryl methyl sites for hydroxylation is 1. The first-order valence-corrected chi connectivity index (χ1v) is 8.86. The predicted octanol–water partition coefficient (Wildman–Crippen LogP) is 4.84. The third kappa shape index (κ3) is 3.48. The highest BCUT2D eigenvalue weighted by atomic mass is 35.5. The van der Waals surface area contributed by atoms with E-state index in [4.69, 9.17) is 11.6 Å². The number of thioether (sulfide) groups is 1. The number of thiazole rings is 1. The van der Waals surface area contributed by atoms with Gasteiger partial charge in [-0.15, -0.1) is 11.3 Å². The second kappa shape index (κ2) is 6.64. The van der Waals surface area contributed by atoms with E-state index in [1.165, 1.54) is 5.01 Å². The van der Waals surface area contributed by atoms with Gasteiger partial charge >= 0.3 is 0 Å². The smallest absolute Gasteiger partial charge is 0.172 e. The standard InChI is InChI=1S/C15H14ClN3S2/c1-2-14-18-12(9-20-14)10-21-15-17-6-7-19(15)13-5-3-4-11(16)8-13/h3-9H,2,10H2,1H3. The molecule has 0 saturated carbocycles. The van der Waals surface area contributed by atoms with Crippen molar-refractivity contribution in [3.8, 4) is 5.69 Å². The van der Waals surface area contributed by atoms with Gasteiger partial charge in [-0.1, -0.05) is 36.4 Å². The zero-order valence-electron chi connectivity index (χ0n) is 11.5. The lowest BCUT2D eigenvalue weighted by atomic mass is 10.3. The van der Waals surface area contributed by atoms with Crippen LogP contribution in [0.5, 0.6) is 0 Å². The molecule has 3 rings (SSSR count). The molecule has 2 aromatic heterocycles. The highest BCUT2D eigenvalue weighted by Crippen LogP contribution is 2.25. The Kier molecular flexibility index (Phi) is 4.63. The molecule has 108 valence electrons. The van der Waals surface area contributed by atoms with Crippen LogP contribution in [0.4, 0.5) is 0 Å². The molecule has 0 atom stereocenters. The number of imidazole rings is 1. The van der Waals surface area contributed by atoms with E-state index in [-0.39, 0.29) is 0 Å². The van der Waals surface area contributed by atoms with Crippen molar-refractivity contribution >= 4 is 34.7 Å². The van der Waals surface area contributed by atoms with Crippen LogP contribution in [0.15, 0.2) is 47.2 Å². The molecule has 0 saturated heterocycles. The Morgan fingerprint density at radius 2 is 2.29 bits per heavy atom. The number of hydrogen-bond donors (Lipinski definition) is 0. The summed E-state index contributed by atoms with van der Waals surface area (Å²) in [7, 11) is 0. The number of benzene rings is 1. The van der Waals surface area contributed by atoms with Gasteiger partial charge in [0.15, 0.2) is 5.16 Å². The molecule has 0 spiro atoms. The summed E-state index contributed by atoms with van der Waals surface area (Å²) >= 11 is 9.46. The second-order valence-electron chi connectivity index (χ2n) is 4.43. The zero-order valence-corrected chi connectivity index (χ0v) is 13.9. The molecule has 0 bridgehead atoms. The van der Waals surface area contributed by atoms with E-state index >= 15 is 0 Å². The molecule has 0 aliphatic heterocycles. The summed E-state index contributed by atoms with van der Waals surface area (Å²) in [6.07, 6.45) is 4.75. The van der Waals surface area contributed by atoms with Gasteiger partial charge in [0.05, 0.1) is 10.7 Å². The van der Waals surface area contributed by atoms with Crippen LogP contribution in [0, 0.1) is 0 Å². The van der Waals surface area contributed by atoms with Gasteiger partial charge in [-0.3, -0.25) is 4.57 Å². The molecule has 0 unspecified atom stereocenters. The number of aromatic nitrogens is 3. The van der Waals surface area contributed by atoms with Gasteiger partial charge in [0.25, 0.3) is 0 Å². The van der Waals surface area contributed by atoms with Gasteiger partial charge in [-0.25, -0.2) is 9.97 Å². The van der Waals surface area contributed by atoms with Crippen molar-refractivity contribution in [2.24, 2.45) is 0 Å². The lowest BCUT2D eigenvalue weighted by molar-refractivity contribution is 0.894. The van der Waals surface area contributed by atoms with Gasteiger partial charge in [0, 0.05) is 34.2 Å². The maximum atomic E-state index is 6.06. The van der Waals surface area contributed by atoms with E-state index in [2.05, 4.69) is 22.3 Å². The van der Waals surface area contributed by atoms with Gasteiger partial charge in [-0.05, 0) is 24.6 Å². The Morgan fingerprint density at radius 3 is 3.05 bits per heavy atom. The highest BCUT2D eigenvalue weighted by molar-refractivity contribution is 7.98. The number of halogens is 1. The van der Waals surface area contributed by atoms with Crippen LogP contribution in [0.2, 0.25) is 5.02 Å². The summed E-state index contributed by atoms with van der Waals surface area (Å²) in [4.78, 5) is 9.01. The quantitative estimate of drug-likeness (QED) is 0.625. The topological polar surface area (TPSA) is 30.7 Å². The normalized spacial score (nSPS) is 11.0. The van der Waals surface area contributed by atoms with Crippen molar-refractivity contribution in [3.63, 3.8) is 0 Å². The fraction of sp³-hybridized carbons (Fsp3) is 0.200. The first kappa shape index (κ1) is 14.6. The molecule has 3 aromatic rings. The predicted molar refractivity (Wildman–Crippen MR) is 89.6 cm³/mol. The molecule has 3 nitrogen and oxygen atoms in total. The molecule has 0 amide bonds. The summed E-state index contributed by atoms with van der Waals surface area (Å²) in [6.45, 7) is 2.13. The van der Waals surface area contributed by atoms with E-state index in [0.29, 0.717) is 0 Å². The Balaban J connectivity index is 1.76. The molecule has 21 heavy (non-hydrogen) atoms. The van der Waals surface area contributed by atoms with Crippen molar-refractivity contribution in [1.82, 2.24) is 14.5 Å². The molecule has 6 heteroatoms. The fourth-order valence-electron chi connectivity index (χ4n) is 1.94. The van der Waals surface area contributed by atoms with Crippen LogP contribution in [0.25, 0.3) is 5.69 Å². The first-order valence-electron chi connectivity index (χ1n) is 6.61. The zero-order chi connectivity index (χ0) is 14.7. The van der Waals surface area contributed by atoms with Gasteiger partial charge in [0.2, 0.25) is 0 Å². The maximum absolute atomic E-state index is 6.06. The van der Waals surface area contributed by atoms with Crippen LogP contribution in [0.1, 0.15) is 17.6 Å². The van der Waals surface area contributed by atoms with E-state index < -0.39 is 0 Å². The van der Waals surface area contributed by atoms with Crippen molar-refractivity contribution < 1.29 is 0 Å². The molecular weight excluding hydrogens is 322 g/mol.